The molecule has 1 N–H and O–H groups in total. The molecule has 3 heteroatoms. The first-order valence-corrected chi connectivity index (χ1v) is 6.44. The lowest BCUT2D eigenvalue weighted by Crippen LogP contribution is -2.56. The van der Waals surface area contributed by atoms with Crippen LogP contribution in [-0.4, -0.2) is 25.0 Å². The van der Waals surface area contributed by atoms with Gasteiger partial charge in [-0.05, 0) is 36.5 Å². The smallest absolute Gasteiger partial charge is 0.241 e. The van der Waals surface area contributed by atoms with Gasteiger partial charge in [0.25, 0.3) is 0 Å². The molecule has 2 heterocycles. The second-order valence-electron chi connectivity index (χ2n) is 4.90. The minimum atomic E-state index is 0.214. The predicted molar refractivity (Wildman–Crippen MR) is 68.3 cm³/mol. The quantitative estimate of drug-likeness (QED) is 0.793. The fraction of sp³-hybridized carbons (Fsp3) is 0.500. The van der Waals surface area contributed by atoms with Gasteiger partial charge in [0, 0.05) is 18.3 Å². The van der Waals surface area contributed by atoms with Crippen molar-refractivity contribution in [2.24, 2.45) is 0 Å². The zero-order chi connectivity index (χ0) is 11.8. The molecule has 0 saturated carbocycles. The molecule has 0 aliphatic carbocycles. The van der Waals surface area contributed by atoms with Gasteiger partial charge in [-0.15, -0.1) is 0 Å². The van der Waals surface area contributed by atoms with Gasteiger partial charge in [-0.1, -0.05) is 19.1 Å². The van der Waals surface area contributed by atoms with Crippen molar-refractivity contribution < 1.29 is 4.79 Å². The van der Waals surface area contributed by atoms with Crippen molar-refractivity contribution in [3.63, 3.8) is 0 Å². The zero-order valence-electron chi connectivity index (χ0n) is 10.2. The minimum Gasteiger partial charge on any atom is -0.307 e. The van der Waals surface area contributed by atoms with Crippen LogP contribution in [0.3, 0.4) is 0 Å². The summed E-state index contributed by atoms with van der Waals surface area (Å²) in [6.07, 6.45) is 3.24. The first-order chi connectivity index (χ1) is 8.29. The summed E-state index contributed by atoms with van der Waals surface area (Å²) in [5, 5.41) is 3.20. The Morgan fingerprint density at radius 3 is 3.18 bits per heavy atom. The first kappa shape index (κ1) is 10.8. The number of nitrogens with one attached hydrogen (secondary N) is 1. The molecule has 0 spiro atoms. The highest BCUT2D eigenvalue weighted by Gasteiger charge is 2.33. The second-order valence-corrected chi connectivity index (χ2v) is 4.90. The molecule has 1 fully saturated rings. The molecule has 90 valence electrons. The van der Waals surface area contributed by atoms with Crippen LogP contribution in [0.2, 0.25) is 0 Å². The van der Waals surface area contributed by atoms with E-state index in [1.165, 1.54) is 11.1 Å². The van der Waals surface area contributed by atoms with E-state index in [0.29, 0.717) is 12.6 Å². The topological polar surface area (TPSA) is 32.3 Å². The summed E-state index contributed by atoms with van der Waals surface area (Å²) in [7, 11) is 0. The Hall–Kier alpha value is -1.35. The van der Waals surface area contributed by atoms with Gasteiger partial charge in [0.05, 0.1) is 6.54 Å². The van der Waals surface area contributed by atoms with E-state index in [4.69, 9.17) is 0 Å². The van der Waals surface area contributed by atoms with E-state index >= 15 is 0 Å². The Labute approximate surface area is 102 Å². The SMILES string of the molecule is CCc1ccc2c(c1)CCC1CNCC(=O)N21. The van der Waals surface area contributed by atoms with E-state index in [1.807, 2.05) is 4.90 Å². The number of carbonyl (C=O) groups excluding carboxylic acids is 1. The van der Waals surface area contributed by atoms with E-state index in [9.17, 15) is 4.79 Å². The minimum absolute atomic E-state index is 0.214. The number of carbonyl (C=O) groups is 1. The Morgan fingerprint density at radius 1 is 1.47 bits per heavy atom. The lowest BCUT2D eigenvalue weighted by Gasteiger charge is -2.40. The molecule has 2 aliphatic rings. The number of anilines is 1. The van der Waals surface area contributed by atoms with Crippen molar-refractivity contribution in [3.8, 4) is 0 Å². The van der Waals surface area contributed by atoms with Gasteiger partial charge in [0.1, 0.15) is 0 Å². The third kappa shape index (κ3) is 1.75. The van der Waals surface area contributed by atoms with Crippen LogP contribution in [-0.2, 0) is 17.6 Å². The van der Waals surface area contributed by atoms with Gasteiger partial charge in [-0.3, -0.25) is 4.79 Å². The number of hydrogen-bond donors (Lipinski definition) is 1. The van der Waals surface area contributed by atoms with Gasteiger partial charge in [-0.2, -0.15) is 0 Å². The van der Waals surface area contributed by atoms with Crippen LogP contribution in [0.15, 0.2) is 18.2 Å². The van der Waals surface area contributed by atoms with Crippen molar-refractivity contribution in [2.75, 3.05) is 18.0 Å². The summed E-state index contributed by atoms with van der Waals surface area (Å²) in [6.45, 7) is 3.58. The van der Waals surface area contributed by atoms with Gasteiger partial charge < -0.3 is 10.2 Å². The maximum Gasteiger partial charge on any atom is 0.241 e. The monoisotopic (exact) mass is 230 g/mol. The van der Waals surface area contributed by atoms with Gasteiger partial charge >= 0.3 is 0 Å². The fourth-order valence-electron chi connectivity index (χ4n) is 2.90. The number of benzene rings is 1. The number of aryl methyl sites for hydroxylation is 2. The van der Waals surface area contributed by atoms with E-state index in [2.05, 4.69) is 30.4 Å². The summed E-state index contributed by atoms with van der Waals surface area (Å²) in [6, 6.07) is 6.90. The number of nitrogens with zero attached hydrogens (tertiary/aromatic N) is 1. The molecular formula is C14H18N2O. The third-order valence-corrected chi connectivity index (χ3v) is 3.85. The molecule has 1 saturated heterocycles. The van der Waals surface area contributed by atoms with Crippen LogP contribution < -0.4 is 10.2 Å². The second kappa shape index (κ2) is 4.15. The maximum absolute atomic E-state index is 12.0. The van der Waals surface area contributed by atoms with E-state index < -0.39 is 0 Å². The molecule has 3 nitrogen and oxygen atoms in total. The Bertz CT molecular complexity index is 456. The molecule has 1 aromatic rings. The van der Waals surface area contributed by atoms with Crippen LogP contribution in [0.4, 0.5) is 5.69 Å². The molecule has 1 unspecified atom stereocenters. The summed E-state index contributed by atoms with van der Waals surface area (Å²) in [4.78, 5) is 14.0. The van der Waals surface area contributed by atoms with Crippen molar-refractivity contribution in [2.45, 2.75) is 32.2 Å². The Balaban J connectivity index is 2.02. The molecule has 1 amide bonds. The average molecular weight is 230 g/mol. The first-order valence-electron chi connectivity index (χ1n) is 6.44. The number of piperazine rings is 1. The number of fused-ring (bicyclic) bond motifs is 3. The van der Waals surface area contributed by atoms with Crippen molar-refractivity contribution in [1.82, 2.24) is 5.32 Å². The van der Waals surface area contributed by atoms with Crippen molar-refractivity contribution in [1.29, 1.82) is 0 Å². The Kier molecular flexibility index (Phi) is 2.63. The molecular weight excluding hydrogens is 212 g/mol. The molecule has 0 bridgehead atoms. The van der Waals surface area contributed by atoms with E-state index in [-0.39, 0.29) is 5.91 Å². The maximum atomic E-state index is 12.0. The summed E-state index contributed by atoms with van der Waals surface area (Å²) < 4.78 is 0. The highest BCUT2D eigenvalue weighted by molar-refractivity contribution is 5.97. The molecule has 0 radical (unpaired) electrons. The largest absolute Gasteiger partial charge is 0.307 e. The lowest BCUT2D eigenvalue weighted by atomic mass is 9.92. The van der Waals surface area contributed by atoms with Gasteiger partial charge in [-0.25, -0.2) is 0 Å². The van der Waals surface area contributed by atoms with Gasteiger partial charge in [0.15, 0.2) is 0 Å². The fourth-order valence-corrected chi connectivity index (χ4v) is 2.90. The number of hydrogen-bond acceptors (Lipinski definition) is 2. The normalized spacial score (nSPS) is 23.2. The van der Waals surface area contributed by atoms with Crippen LogP contribution in [0.5, 0.6) is 0 Å². The summed E-state index contributed by atoms with van der Waals surface area (Å²) >= 11 is 0. The summed E-state index contributed by atoms with van der Waals surface area (Å²) in [5.74, 6) is 0.214. The van der Waals surface area contributed by atoms with E-state index in [0.717, 1.165) is 31.5 Å². The Morgan fingerprint density at radius 2 is 2.35 bits per heavy atom. The molecule has 1 aromatic carbocycles. The highest BCUT2D eigenvalue weighted by atomic mass is 16.2. The molecule has 17 heavy (non-hydrogen) atoms. The lowest BCUT2D eigenvalue weighted by molar-refractivity contribution is -0.119. The van der Waals surface area contributed by atoms with Crippen LogP contribution in [0.1, 0.15) is 24.5 Å². The van der Waals surface area contributed by atoms with Crippen molar-refractivity contribution in [3.05, 3.63) is 29.3 Å². The van der Waals surface area contributed by atoms with Crippen molar-refractivity contribution >= 4 is 11.6 Å². The molecule has 1 atom stereocenters. The summed E-state index contributed by atoms with van der Waals surface area (Å²) in [5.41, 5.74) is 3.85. The number of amides is 1. The zero-order valence-corrected chi connectivity index (χ0v) is 10.2. The standard InChI is InChI=1S/C14H18N2O/c1-2-10-3-6-13-11(7-10)4-5-12-8-15-9-14(17)16(12)13/h3,6-7,12,15H,2,4-5,8-9H2,1H3. The third-order valence-electron chi connectivity index (χ3n) is 3.85. The molecule has 2 aliphatic heterocycles. The molecule has 3 rings (SSSR count). The highest BCUT2D eigenvalue weighted by Crippen LogP contribution is 2.32. The van der Waals surface area contributed by atoms with Gasteiger partial charge in [0.2, 0.25) is 5.91 Å². The van der Waals surface area contributed by atoms with Crippen LogP contribution >= 0.6 is 0 Å². The predicted octanol–water partition coefficient (Wildman–Crippen LogP) is 1.50. The molecule has 0 aromatic heterocycles. The number of rotatable bonds is 1. The van der Waals surface area contributed by atoms with E-state index in [1.54, 1.807) is 0 Å². The van der Waals surface area contributed by atoms with Crippen LogP contribution in [0.25, 0.3) is 0 Å². The average Bonchev–Trinajstić information content (AvgIpc) is 2.38. The van der Waals surface area contributed by atoms with Crippen LogP contribution in [0, 0.1) is 0 Å².